The highest BCUT2D eigenvalue weighted by molar-refractivity contribution is 5.62. The molecule has 0 aliphatic heterocycles. The third kappa shape index (κ3) is 3.00. The lowest BCUT2D eigenvalue weighted by Crippen LogP contribution is -2.33. The summed E-state index contributed by atoms with van der Waals surface area (Å²) < 4.78 is 0. The molecule has 16 heavy (non-hydrogen) atoms. The van der Waals surface area contributed by atoms with Crippen molar-refractivity contribution in [1.29, 1.82) is 0 Å². The van der Waals surface area contributed by atoms with Crippen molar-refractivity contribution in [2.24, 2.45) is 0 Å². The van der Waals surface area contributed by atoms with Crippen molar-refractivity contribution in [2.75, 3.05) is 29.5 Å². The summed E-state index contributed by atoms with van der Waals surface area (Å²) in [5.74, 6) is 1.15. The Hall–Kier alpha value is -1.49. The van der Waals surface area contributed by atoms with Gasteiger partial charge in [-0.25, -0.2) is 4.98 Å². The van der Waals surface area contributed by atoms with Crippen LogP contribution in [0.1, 0.15) is 20.3 Å². The second kappa shape index (κ2) is 5.55. The minimum atomic E-state index is 0.174. The monoisotopic (exact) mass is 224 g/mol. The Labute approximate surface area is 96.1 Å². The number of hydrogen-bond donors (Lipinski definition) is 3. The number of anilines is 3. The summed E-state index contributed by atoms with van der Waals surface area (Å²) >= 11 is 0. The van der Waals surface area contributed by atoms with Gasteiger partial charge in [0.1, 0.15) is 11.6 Å². The average molecular weight is 224 g/mol. The minimum absolute atomic E-state index is 0.174. The number of hydrogen-bond acceptors (Lipinski definition) is 5. The maximum atomic E-state index is 8.85. The molecule has 1 aromatic rings. The van der Waals surface area contributed by atoms with Crippen LogP contribution in [0, 0.1) is 0 Å². The predicted molar refractivity (Wildman–Crippen MR) is 67.2 cm³/mol. The molecule has 0 aliphatic rings. The smallest absolute Gasteiger partial charge is 0.149 e. The van der Waals surface area contributed by atoms with Crippen LogP contribution < -0.4 is 16.4 Å². The molecular weight excluding hydrogens is 204 g/mol. The number of aliphatic hydroxyl groups excluding tert-OH is 1. The van der Waals surface area contributed by atoms with Crippen molar-refractivity contribution >= 4 is 17.3 Å². The largest absolute Gasteiger partial charge is 0.396 e. The first-order valence-electron chi connectivity index (χ1n) is 5.45. The fraction of sp³-hybridized carbons (Fsp3) is 0.545. The molecule has 0 amide bonds. The van der Waals surface area contributed by atoms with Gasteiger partial charge in [0.2, 0.25) is 0 Å². The third-order valence-corrected chi connectivity index (χ3v) is 2.42. The van der Waals surface area contributed by atoms with Crippen molar-refractivity contribution in [3.05, 3.63) is 12.1 Å². The lowest BCUT2D eigenvalue weighted by Gasteiger charge is -2.27. The van der Waals surface area contributed by atoms with Gasteiger partial charge < -0.3 is 21.5 Å². The molecule has 0 bridgehead atoms. The lowest BCUT2D eigenvalue weighted by atomic mass is 10.2. The van der Waals surface area contributed by atoms with E-state index < -0.39 is 0 Å². The summed E-state index contributed by atoms with van der Waals surface area (Å²) in [6.07, 6.45) is 0.712. The molecule has 1 heterocycles. The van der Waals surface area contributed by atoms with Crippen LogP contribution in [0.2, 0.25) is 0 Å². The SMILES string of the molecule is CC(C)N(CCCO)c1ccc(N)c(N)n1. The fourth-order valence-corrected chi connectivity index (χ4v) is 1.51. The van der Waals surface area contributed by atoms with Crippen molar-refractivity contribution < 1.29 is 5.11 Å². The molecule has 0 radical (unpaired) electrons. The number of rotatable bonds is 5. The van der Waals surface area contributed by atoms with Crippen LogP contribution in [0.15, 0.2) is 12.1 Å². The summed E-state index contributed by atoms with van der Waals surface area (Å²) in [5, 5.41) is 8.85. The Kier molecular flexibility index (Phi) is 4.37. The van der Waals surface area contributed by atoms with Gasteiger partial charge in [-0.05, 0) is 32.4 Å². The van der Waals surface area contributed by atoms with Gasteiger partial charge in [0, 0.05) is 19.2 Å². The molecule has 0 fully saturated rings. The molecule has 0 aliphatic carbocycles. The molecule has 1 rings (SSSR count). The number of pyridine rings is 1. The van der Waals surface area contributed by atoms with Gasteiger partial charge in [-0.3, -0.25) is 0 Å². The first kappa shape index (κ1) is 12.6. The van der Waals surface area contributed by atoms with Crippen LogP contribution >= 0.6 is 0 Å². The Balaban J connectivity index is 2.88. The molecule has 0 saturated heterocycles. The van der Waals surface area contributed by atoms with E-state index in [4.69, 9.17) is 16.6 Å². The van der Waals surface area contributed by atoms with E-state index in [1.165, 1.54) is 0 Å². The first-order chi connectivity index (χ1) is 7.56. The molecule has 5 N–H and O–H groups in total. The van der Waals surface area contributed by atoms with E-state index in [1.807, 2.05) is 6.07 Å². The van der Waals surface area contributed by atoms with Crippen molar-refractivity contribution in [3.8, 4) is 0 Å². The first-order valence-corrected chi connectivity index (χ1v) is 5.45. The van der Waals surface area contributed by atoms with E-state index in [1.54, 1.807) is 6.07 Å². The van der Waals surface area contributed by atoms with Gasteiger partial charge in [0.25, 0.3) is 0 Å². The van der Waals surface area contributed by atoms with Crippen LogP contribution in [-0.2, 0) is 0 Å². The van der Waals surface area contributed by atoms with Crippen LogP contribution in [0.5, 0.6) is 0 Å². The zero-order chi connectivity index (χ0) is 12.1. The van der Waals surface area contributed by atoms with Gasteiger partial charge >= 0.3 is 0 Å². The van der Waals surface area contributed by atoms with Crippen LogP contribution in [0.25, 0.3) is 0 Å². The van der Waals surface area contributed by atoms with E-state index in [0.29, 0.717) is 24.0 Å². The van der Waals surface area contributed by atoms with Gasteiger partial charge in [0.05, 0.1) is 5.69 Å². The maximum Gasteiger partial charge on any atom is 0.149 e. The number of nitrogens with zero attached hydrogens (tertiary/aromatic N) is 2. The van der Waals surface area contributed by atoms with E-state index >= 15 is 0 Å². The van der Waals surface area contributed by atoms with Gasteiger partial charge in [-0.2, -0.15) is 0 Å². The predicted octanol–water partition coefficient (Wildman–Crippen LogP) is 0.843. The quantitative estimate of drug-likeness (QED) is 0.690. The van der Waals surface area contributed by atoms with E-state index in [-0.39, 0.29) is 6.61 Å². The second-order valence-corrected chi connectivity index (χ2v) is 4.01. The van der Waals surface area contributed by atoms with Gasteiger partial charge in [-0.1, -0.05) is 0 Å². The van der Waals surface area contributed by atoms with Crippen molar-refractivity contribution in [1.82, 2.24) is 4.98 Å². The number of aliphatic hydroxyl groups is 1. The van der Waals surface area contributed by atoms with Gasteiger partial charge in [-0.15, -0.1) is 0 Å². The zero-order valence-electron chi connectivity index (χ0n) is 9.85. The summed E-state index contributed by atoms with van der Waals surface area (Å²) in [7, 11) is 0. The molecule has 0 atom stereocenters. The second-order valence-electron chi connectivity index (χ2n) is 4.01. The number of nitrogens with two attached hydrogens (primary N) is 2. The molecule has 0 aromatic carbocycles. The molecular formula is C11H20N4O. The molecule has 0 saturated carbocycles. The summed E-state index contributed by atoms with van der Waals surface area (Å²) in [5.41, 5.74) is 11.8. The highest BCUT2D eigenvalue weighted by atomic mass is 16.3. The Bertz CT molecular complexity index is 341. The molecule has 90 valence electrons. The Morgan fingerprint density at radius 2 is 2.06 bits per heavy atom. The molecule has 5 heteroatoms. The molecule has 5 nitrogen and oxygen atoms in total. The zero-order valence-corrected chi connectivity index (χ0v) is 9.85. The minimum Gasteiger partial charge on any atom is -0.396 e. The molecule has 0 unspecified atom stereocenters. The van der Waals surface area contributed by atoms with Gasteiger partial charge in [0.15, 0.2) is 0 Å². The summed E-state index contributed by atoms with van der Waals surface area (Å²) in [6, 6.07) is 3.91. The fourth-order valence-electron chi connectivity index (χ4n) is 1.51. The van der Waals surface area contributed by atoms with Crippen molar-refractivity contribution in [3.63, 3.8) is 0 Å². The summed E-state index contributed by atoms with van der Waals surface area (Å²) in [6.45, 7) is 5.08. The highest BCUT2D eigenvalue weighted by Gasteiger charge is 2.12. The average Bonchev–Trinajstić information content (AvgIpc) is 2.23. The Morgan fingerprint density at radius 1 is 1.38 bits per heavy atom. The maximum absolute atomic E-state index is 8.85. The summed E-state index contributed by atoms with van der Waals surface area (Å²) in [4.78, 5) is 6.33. The third-order valence-electron chi connectivity index (χ3n) is 2.42. The van der Waals surface area contributed by atoms with E-state index in [0.717, 1.165) is 12.4 Å². The number of aromatic nitrogens is 1. The molecule has 0 spiro atoms. The lowest BCUT2D eigenvalue weighted by molar-refractivity contribution is 0.288. The highest BCUT2D eigenvalue weighted by Crippen LogP contribution is 2.20. The van der Waals surface area contributed by atoms with Crippen LogP contribution in [0.4, 0.5) is 17.3 Å². The Morgan fingerprint density at radius 3 is 2.56 bits per heavy atom. The van der Waals surface area contributed by atoms with Crippen LogP contribution in [0.3, 0.4) is 0 Å². The molecule has 1 aromatic heterocycles. The topological polar surface area (TPSA) is 88.4 Å². The van der Waals surface area contributed by atoms with E-state index in [2.05, 4.69) is 23.7 Å². The standard InChI is InChI=1S/C11H20N4O/c1-8(2)15(6-3-7-16)10-5-4-9(12)11(13)14-10/h4-5,8,16H,3,6-7,12H2,1-2H3,(H2,13,14). The van der Waals surface area contributed by atoms with Crippen LogP contribution in [-0.4, -0.2) is 29.3 Å². The number of nitrogen functional groups attached to an aromatic ring is 2. The van der Waals surface area contributed by atoms with Crippen molar-refractivity contribution in [2.45, 2.75) is 26.3 Å². The normalized spacial score (nSPS) is 10.8. The van der Waals surface area contributed by atoms with E-state index in [9.17, 15) is 0 Å².